The number of benzene rings is 2. The fourth-order valence-corrected chi connectivity index (χ4v) is 2.94. The molecule has 0 fully saturated rings. The van der Waals surface area contributed by atoms with Crippen LogP contribution >= 0.6 is 0 Å². The molecule has 0 unspecified atom stereocenters. The van der Waals surface area contributed by atoms with Gasteiger partial charge in [0.2, 0.25) is 0 Å². The van der Waals surface area contributed by atoms with Gasteiger partial charge in [-0.15, -0.1) is 5.59 Å². The van der Waals surface area contributed by atoms with Crippen molar-refractivity contribution in [2.75, 3.05) is 32.9 Å². The zero-order valence-corrected chi connectivity index (χ0v) is 17.9. The van der Waals surface area contributed by atoms with Crippen LogP contribution in [0.15, 0.2) is 53.5 Å². The summed E-state index contributed by atoms with van der Waals surface area (Å²) in [7, 11) is 3.97. The number of anilines is 1. The number of hydrogen-bond acceptors (Lipinski definition) is 6. The maximum atomic E-state index is 13.2. The van der Waals surface area contributed by atoms with Crippen molar-refractivity contribution in [2.24, 2.45) is 4.99 Å². The van der Waals surface area contributed by atoms with Crippen LogP contribution in [0.3, 0.4) is 0 Å². The summed E-state index contributed by atoms with van der Waals surface area (Å²) in [6, 6.07) is 15.0. The van der Waals surface area contributed by atoms with Gasteiger partial charge in [0, 0.05) is 31.6 Å². The van der Waals surface area contributed by atoms with E-state index in [-0.39, 0.29) is 5.91 Å². The molecule has 0 saturated carbocycles. The summed E-state index contributed by atoms with van der Waals surface area (Å²) in [4.78, 5) is 21.5. The lowest BCUT2D eigenvalue weighted by Crippen LogP contribution is -2.36. The second-order valence-corrected chi connectivity index (χ2v) is 7.33. The minimum atomic E-state index is -0.0770. The quantitative estimate of drug-likeness (QED) is 0.207. The van der Waals surface area contributed by atoms with Gasteiger partial charge in [0.25, 0.3) is 5.91 Å². The number of amides is 1. The highest BCUT2D eigenvalue weighted by Gasteiger charge is 2.17. The molecule has 0 bridgehead atoms. The van der Waals surface area contributed by atoms with Crippen LogP contribution in [0.2, 0.25) is 0 Å². The monoisotopic (exact) mass is 412 g/mol. The smallest absolute Gasteiger partial charge is 0.254 e. The minimum Gasteiger partial charge on any atom is -0.397 e. The molecule has 0 aromatic heterocycles. The molecule has 0 heterocycles. The van der Waals surface area contributed by atoms with Gasteiger partial charge in [-0.25, -0.2) is 4.99 Å². The second kappa shape index (κ2) is 11.9. The number of hydrogen-bond donors (Lipinski definition) is 4. The van der Waals surface area contributed by atoms with Crippen LogP contribution in [0, 0.1) is 0 Å². The van der Waals surface area contributed by atoms with Crippen LogP contribution in [-0.2, 0) is 6.54 Å². The van der Waals surface area contributed by atoms with E-state index in [0.717, 1.165) is 18.5 Å². The molecule has 5 N–H and O–H groups in total. The molecule has 0 atom stereocenters. The molecule has 0 radical (unpaired) electrons. The fraction of sp³-hybridized carbons (Fsp3) is 0.364. The molecular weight excluding hydrogens is 380 g/mol. The molecule has 2 aromatic carbocycles. The van der Waals surface area contributed by atoms with Gasteiger partial charge in [0.15, 0.2) is 0 Å². The van der Waals surface area contributed by atoms with Gasteiger partial charge in [0.05, 0.1) is 11.4 Å². The first-order chi connectivity index (χ1) is 14.4. The van der Waals surface area contributed by atoms with Gasteiger partial charge in [-0.05, 0) is 44.3 Å². The first kappa shape index (κ1) is 23.3. The number of nitrogens with one attached hydrogen (secondary N) is 2. The number of nitrogens with zero attached hydrogens (tertiary/aromatic N) is 3. The number of nitrogens with two attached hydrogens (primary N) is 1. The SMILES string of the molecule is CCCC(=Nc1ccc(C(=O)N(CCN(C)C)Cc2ccccc2)cc1N)NNO. The summed E-state index contributed by atoms with van der Waals surface area (Å²) in [5, 5.41) is 8.87. The third-order valence-corrected chi connectivity index (χ3v) is 4.54. The molecule has 1 amide bonds. The predicted molar refractivity (Wildman–Crippen MR) is 121 cm³/mol. The van der Waals surface area contributed by atoms with Crippen LogP contribution in [0.1, 0.15) is 35.7 Å². The molecule has 8 heteroatoms. The molecule has 2 aromatic rings. The lowest BCUT2D eigenvalue weighted by molar-refractivity contribution is 0.0732. The van der Waals surface area contributed by atoms with Gasteiger partial charge in [-0.3, -0.25) is 15.4 Å². The maximum absolute atomic E-state index is 13.2. The van der Waals surface area contributed by atoms with Crippen LogP contribution in [0.25, 0.3) is 0 Å². The fourth-order valence-electron chi connectivity index (χ4n) is 2.94. The molecule has 0 aliphatic heterocycles. The molecule has 2 rings (SSSR count). The lowest BCUT2D eigenvalue weighted by Gasteiger charge is -2.25. The number of amidine groups is 1. The minimum absolute atomic E-state index is 0.0770. The zero-order chi connectivity index (χ0) is 21.9. The highest BCUT2D eigenvalue weighted by Crippen LogP contribution is 2.24. The molecule has 8 nitrogen and oxygen atoms in total. The molecule has 0 saturated heterocycles. The van der Waals surface area contributed by atoms with Crippen molar-refractivity contribution in [3.05, 3.63) is 59.7 Å². The molecule has 30 heavy (non-hydrogen) atoms. The van der Waals surface area contributed by atoms with Crippen molar-refractivity contribution in [1.29, 1.82) is 0 Å². The van der Waals surface area contributed by atoms with Crippen LogP contribution < -0.4 is 16.7 Å². The summed E-state index contributed by atoms with van der Waals surface area (Å²) in [5.74, 6) is 0.481. The van der Waals surface area contributed by atoms with Crippen LogP contribution in [-0.4, -0.2) is 53.9 Å². The average Bonchev–Trinajstić information content (AvgIpc) is 2.73. The molecule has 0 aliphatic rings. The normalized spacial score (nSPS) is 11.6. The van der Waals surface area contributed by atoms with E-state index in [1.165, 1.54) is 0 Å². The van der Waals surface area contributed by atoms with Crippen LogP contribution in [0.5, 0.6) is 0 Å². The third kappa shape index (κ3) is 7.14. The Bertz CT molecular complexity index is 831. The molecule has 0 aliphatic carbocycles. The zero-order valence-electron chi connectivity index (χ0n) is 17.9. The van der Waals surface area contributed by atoms with Crippen molar-refractivity contribution >= 4 is 23.1 Å². The van der Waals surface area contributed by atoms with E-state index in [1.54, 1.807) is 18.2 Å². The predicted octanol–water partition coefficient (Wildman–Crippen LogP) is 2.79. The van der Waals surface area contributed by atoms with Crippen molar-refractivity contribution < 1.29 is 10.0 Å². The van der Waals surface area contributed by atoms with E-state index < -0.39 is 0 Å². The summed E-state index contributed by atoms with van der Waals surface area (Å²) in [6.45, 7) is 3.90. The second-order valence-electron chi connectivity index (χ2n) is 7.33. The highest BCUT2D eigenvalue weighted by molar-refractivity contribution is 5.96. The first-order valence-electron chi connectivity index (χ1n) is 10.0. The van der Waals surface area contributed by atoms with Crippen molar-refractivity contribution in [1.82, 2.24) is 20.8 Å². The van der Waals surface area contributed by atoms with Crippen molar-refractivity contribution in [3.8, 4) is 0 Å². The van der Waals surface area contributed by atoms with E-state index in [4.69, 9.17) is 10.9 Å². The number of nitrogen functional groups attached to an aromatic ring is 1. The first-order valence-corrected chi connectivity index (χ1v) is 10.0. The van der Waals surface area contributed by atoms with Gasteiger partial charge < -0.3 is 15.5 Å². The molecule has 0 spiro atoms. The van der Waals surface area contributed by atoms with E-state index in [2.05, 4.69) is 15.3 Å². The van der Waals surface area contributed by atoms with E-state index in [0.29, 0.717) is 42.3 Å². The number of hydrazine groups is 1. The van der Waals surface area contributed by atoms with Gasteiger partial charge >= 0.3 is 0 Å². The Morgan fingerprint density at radius 2 is 1.87 bits per heavy atom. The van der Waals surface area contributed by atoms with Crippen molar-refractivity contribution in [3.63, 3.8) is 0 Å². The Labute approximate surface area is 178 Å². The number of rotatable bonds is 10. The Kier molecular flexibility index (Phi) is 9.27. The van der Waals surface area contributed by atoms with E-state index in [9.17, 15) is 4.79 Å². The van der Waals surface area contributed by atoms with Crippen molar-refractivity contribution in [2.45, 2.75) is 26.3 Å². The summed E-state index contributed by atoms with van der Waals surface area (Å²) in [5.41, 5.74) is 13.2. The third-order valence-electron chi connectivity index (χ3n) is 4.54. The number of carbonyl (C=O) groups excluding carboxylic acids is 1. The van der Waals surface area contributed by atoms with Gasteiger partial charge in [0.1, 0.15) is 5.84 Å². The lowest BCUT2D eigenvalue weighted by atomic mass is 10.1. The van der Waals surface area contributed by atoms with Gasteiger partial charge in [-0.2, -0.15) is 0 Å². The summed E-state index contributed by atoms with van der Waals surface area (Å²) in [6.07, 6.45) is 1.49. The standard InChI is InChI=1S/C22H32N6O2/c1-4-8-21(25-26-30)24-20-12-11-18(15-19(20)23)22(29)28(14-13-27(2)3)16-17-9-6-5-7-10-17/h5-7,9-12,15,26,30H,4,8,13-14,16,23H2,1-3H3,(H,24,25). The Hall–Kier alpha value is -2.94. The van der Waals surface area contributed by atoms with E-state index >= 15 is 0 Å². The number of aliphatic imine (C=N–C) groups is 1. The molecule has 162 valence electrons. The average molecular weight is 413 g/mol. The largest absolute Gasteiger partial charge is 0.397 e. The molecular formula is C22H32N6O2. The topological polar surface area (TPSA) is 106 Å². The number of carbonyl (C=O) groups is 1. The Morgan fingerprint density at radius 3 is 2.47 bits per heavy atom. The Morgan fingerprint density at radius 1 is 1.13 bits per heavy atom. The van der Waals surface area contributed by atoms with Gasteiger partial charge in [-0.1, -0.05) is 37.3 Å². The number of likely N-dealkylation sites (N-methyl/N-ethyl adjacent to an activating group) is 1. The van der Waals surface area contributed by atoms with Crippen LogP contribution in [0.4, 0.5) is 11.4 Å². The summed E-state index contributed by atoms with van der Waals surface area (Å²) < 4.78 is 0. The maximum Gasteiger partial charge on any atom is 0.254 e. The highest BCUT2D eigenvalue weighted by atomic mass is 16.5. The summed E-state index contributed by atoms with van der Waals surface area (Å²) >= 11 is 0. The van der Waals surface area contributed by atoms with E-state index in [1.807, 2.05) is 61.8 Å². The Balaban J connectivity index is 2.24.